The number of methoxy groups -OCH3 is 3. The zero-order chi connectivity index (χ0) is 21.2. The van der Waals surface area contributed by atoms with Crippen molar-refractivity contribution in [1.29, 1.82) is 0 Å². The zero-order valence-corrected chi connectivity index (χ0v) is 16.5. The van der Waals surface area contributed by atoms with Crippen molar-refractivity contribution in [2.45, 2.75) is 6.42 Å². The molecule has 0 aromatic heterocycles. The molecule has 0 heterocycles. The molecule has 8 nitrogen and oxygen atoms in total. The molecule has 0 atom stereocenters. The summed E-state index contributed by atoms with van der Waals surface area (Å²) in [6, 6.07) is 11.4. The number of ketones is 1. The van der Waals surface area contributed by atoms with Crippen LogP contribution in [0.1, 0.15) is 27.1 Å². The number of hydrogen-bond acceptors (Lipinski definition) is 7. The van der Waals surface area contributed by atoms with Gasteiger partial charge in [-0.1, -0.05) is 12.1 Å². The average Bonchev–Trinajstić information content (AvgIpc) is 2.76. The first-order chi connectivity index (χ1) is 14.0. The van der Waals surface area contributed by atoms with E-state index in [4.69, 9.17) is 18.9 Å². The van der Waals surface area contributed by atoms with E-state index in [1.54, 1.807) is 36.4 Å². The molecule has 0 saturated carbocycles. The molecule has 1 amide bonds. The Balaban J connectivity index is 1.80. The summed E-state index contributed by atoms with van der Waals surface area (Å²) in [5.41, 5.74) is 0.701. The normalized spacial score (nSPS) is 10.0. The van der Waals surface area contributed by atoms with Gasteiger partial charge >= 0.3 is 5.97 Å². The van der Waals surface area contributed by atoms with Gasteiger partial charge in [0.2, 0.25) is 0 Å². The first-order valence-electron chi connectivity index (χ1n) is 8.82. The highest BCUT2D eigenvalue weighted by Crippen LogP contribution is 2.27. The lowest BCUT2D eigenvalue weighted by Crippen LogP contribution is -2.27. The molecule has 0 spiro atoms. The number of para-hydroxylation sites is 1. The van der Waals surface area contributed by atoms with Crippen molar-refractivity contribution in [2.75, 3.05) is 34.5 Å². The number of ether oxygens (including phenoxy) is 4. The van der Waals surface area contributed by atoms with Gasteiger partial charge in [-0.05, 0) is 30.3 Å². The van der Waals surface area contributed by atoms with E-state index in [-0.39, 0.29) is 24.7 Å². The molecule has 154 valence electrons. The van der Waals surface area contributed by atoms with E-state index < -0.39 is 12.6 Å². The molecule has 0 bridgehead atoms. The van der Waals surface area contributed by atoms with E-state index in [1.165, 1.54) is 27.4 Å². The van der Waals surface area contributed by atoms with E-state index in [0.717, 1.165) is 0 Å². The summed E-state index contributed by atoms with van der Waals surface area (Å²) in [5, 5.41) is 2.62. The van der Waals surface area contributed by atoms with Crippen molar-refractivity contribution in [3.05, 3.63) is 53.6 Å². The largest absolute Gasteiger partial charge is 0.496 e. The van der Waals surface area contributed by atoms with Crippen LogP contribution in [0.4, 0.5) is 0 Å². The van der Waals surface area contributed by atoms with Crippen LogP contribution in [0.5, 0.6) is 17.2 Å². The minimum Gasteiger partial charge on any atom is -0.496 e. The lowest BCUT2D eigenvalue weighted by Gasteiger charge is -2.10. The smallest absolute Gasteiger partial charge is 0.308 e. The maximum atomic E-state index is 12.2. The molecule has 2 rings (SSSR count). The van der Waals surface area contributed by atoms with Gasteiger partial charge in [0.05, 0.1) is 33.3 Å². The third-order valence-corrected chi connectivity index (χ3v) is 4.04. The predicted molar refractivity (Wildman–Crippen MR) is 105 cm³/mol. The molecule has 0 saturated heterocycles. The summed E-state index contributed by atoms with van der Waals surface area (Å²) in [4.78, 5) is 36.2. The average molecular weight is 401 g/mol. The van der Waals surface area contributed by atoms with Gasteiger partial charge in [-0.15, -0.1) is 0 Å². The minimum atomic E-state index is -0.598. The number of hydrogen-bond donors (Lipinski definition) is 1. The van der Waals surface area contributed by atoms with Crippen LogP contribution in [0.2, 0.25) is 0 Å². The molecular formula is C21H23NO7. The molecule has 0 radical (unpaired) electrons. The number of carbonyl (C=O) groups excluding carboxylic acids is 3. The number of Topliss-reactive ketones (excluding diaryl/α,β-unsaturated/α-hetero) is 1. The lowest BCUT2D eigenvalue weighted by atomic mass is 10.1. The summed E-state index contributed by atoms with van der Waals surface area (Å²) in [5.74, 6) is -0.00294. The molecule has 0 aliphatic heterocycles. The van der Waals surface area contributed by atoms with Gasteiger partial charge in [0.25, 0.3) is 5.91 Å². The number of amides is 1. The SMILES string of the molecule is COc1ccc(C(=O)COC(=O)CCNC(=O)c2ccccc2OC)cc1OC. The molecule has 0 fully saturated rings. The van der Waals surface area contributed by atoms with Crippen LogP contribution in [0.3, 0.4) is 0 Å². The van der Waals surface area contributed by atoms with E-state index in [1.807, 2.05) is 0 Å². The first kappa shape index (κ1) is 21.7. The summed E-state index contributed by atoms with van der Waals surface area (Å²) in [6.45, 7) is -0.338. The molecule has 8 heteroatoms. The molecule has 2 aromatic carbocycles. The zero-order valence-electron chi connectivity index (χ0n) is 16.5. The maximum Gasteiger partial charge on any atom is 0.308 e. The quantitative estimate of drug-likeness (QED) is 0.481. The molecule has 0 aliphatic carbocycles. The summed E-state index contributed by atoms with van der Waals surface area (Å²) in [6.07, 6.45) is -0.0693. The second-order valence-corrected chi connectivity index (χ2v) is 5.86. The van der Waals surface area contributed by atoms with Gasteiger partial charge in [-0.25, -0.2) is 0 Å². The molecule has 29 heavy (non-hydrogen) atoms. The Labute approximate surface area is 168 Å². The number of benzene rings is 2. The molecule has 0 unspecified atom stereocenters. The van der Waals surface area contributed by atoms with Gasteiger partial charge in [0.1, 0.15) is 5.75 Å². The highest BCUT2D eigenvalue weighted by Gasteiger charge is 2.14. The fourth-order valence-electron chi connectivity index (χ4n) is 2.52. The third-order valence-electron chi connectivity index (χ3n) is 4.04. The van der Waals surface area contributed by atoms with Crippen LogP contribution in [-0.2, 0) is 9.53 Å². The summed E-state index contributed by atoms with van der Waals surface area (Å²) < 4.78 is 20.4. The van der Waals surface area contributed by atoms with Crippen LogP contribution >= 0.6 is 0 Å². The van der Waals surface area contributed by atoms with Gasteiger partial charge in [0.15, 0.2) is 23.9 Å². The molecule has 0 aliphatic rings. The number of carbonyl (C=O) groups is 3. The predicted octanol–water partition coefficient (Wildman–Crippen LogP) is 2.26. The van der Waals surface area contributed by atoms with Gasteiger partial charge in [-0.2, -0.15) is 0 Å². The van der Waals surface area contributed by atoms with E-state index in [2.05, 4.69) is 5.32 Å². The number of esters is 1. The maximum absolute atomic E-state index is 12.2. The Morgan fingerprint density at radius 3 is 2.24 bits per heavy atom. The second kappa shape index (κ2) is 10.7. The Morgan fingerprint density at radius 1 is 0.862 bits per heavy atom. The highest BCUT2D eigenvalue weighted by atomic mass is 16.5. The Hall–Kier alpha value is -3.55. The Kier molecular flexibility index (Phi) is 8.02. The summed E-state index contributed by atoms with van der Waals surface area (Å²) >= 11 is 0. The lowest BCUT2D eigenvalue weighted by molar-refractivity contribution is -0.142. The van der Waals surface area contributed by atoms with Gasteiger partial charge in [0, 0.05) is 12.1 Å². The van der Waals surface area contributed by atoms with Gasteiger partial charge < -0.3 is 24.3 Å². The Bertz CT molecular complexity index is 879. The van der Waals surface area contributed by atoms with Crippen LogP contribution < -0.4 is 19.5 Å². The fraction of sp³-hybridized carbons (Fsp3) is 0.286. The minimum absolute atomic E-state index is 0.0693. The van der Waals surface area contributed by atoms with Crippen molar-refractivity contribution in [3.63, 3.8) is 0 Å². The van der Waals surface area contributed by atoms with E-state index in [0.29, 0.717) is 28.4 Å². The van der Waals surface area contributed by atoms with Crippen molar-refractivity contribution in [2.24, 2.45) is 0 Å². The first-order valence-corrected chi connectivity index (χ1v) is 8.82. The van der Waals surface area contributed by atoms with E-state index >= 15 is 0 Å². The third kappa shape index (κ3) is 5.97. The molecule has 1 N–H and O–H groups in total. The van der Waals surface area contributed by atoms with Crippen LogP contribution in [-0.4, -0.2) is 52.1 Å². The fourth-order valence-corrected chi connectivity index (χ4v) is 2.52. The van der Waals surface area contributed by atoms with Crippen LogP contribution in [0.25, 0.3) is 0 Å². The van der Waals surface area contributed by atoms with E-state index in [9.17, 15) is 14.4 Å². The Morgan fingerprint density at radius 2 is 1.55 bits per heavy atom. The standard InChI is InChI=1S/C21H23NO7/c1-26-17-7-5-4-6-15(17)21(25)22-11-10-20(24)29-13-16(23)14-8-9-18(27-2)19(12-14)28-3/h4-9,12H,10-11,13H2,1-3H3,(H,22,25). The molecule has 2 aromatic rings. The van der Waals surface area contributed by atoms with Crippen LogP contribution in [0, 0.1) is 0 Å². The monoisotopic (exact) mass is 401 g/mol. The summed E-state index contributed by atoms with van der Waals surface area (Å²) in [7, 11) is 4.43. The van der Waals surface area contributed by atoms with Crippen molar-refractivity contribution in [1.82, 2.24) is 5.32 Å². The second-order valence-electron chi connectivity index (χ2n) is 5.86. The van der Waals surface area contributed by atoms with Crippen LogP contribution in [0.15, 0.2) is 42.5 Å². The molecular weight excluding hydrogens is 378 g/mol. The van der Waals surface area contributed by atoms with Crippen molar-refractivity contribution < 1.29 is 33.3 Å². The van der Waals surface area contributed by atoms with Crippen molar-refractivity contribution in [3.8, 4) is 17.2 Å². The highest BCUT2D eigenvalue weighted by molar-refractivity contribution is 5.99. The topological polar surface area (TPSA) is 100 Å². The van der Waals surface area contributed by atoms with Gasteiger partial charge in [-0.3, -0.25) is 14.4 Å². The number of nitrogens with one attached hydrogen (secondary N) is 1. The number of rotatable bonds is 10. The van der Waals surface area contributed by atoms with Crippen molar-refractivity contribution >= 4 is 17.7 Å².